The summed E-state index contributed by atoms with van der Waals surface area (Å²) in [4.78, 5) is 61.1. The van der Waals surface area contributed by atoms with Gasteiger partial charge < -0.3 is 48.8 Å². The molecule has 0 bridgehead atoms. The second-order valence-electron chi connectivity index (χ2n) is 17.0. The SMILES string of the molecule is CCc1cccc(COc2ccc(CO)cc2C=O)n1.CCc1cccc(COc2ccc(CO)cc2C=O)n1.COc1ccc(C=O)c(OCc2cccc(CO)n2)c1.COc1ccc(C=O)cc1OCc1cccc(CO)n1. The molecule has 18 nitrogen and oxygen atoms in total. The van der Waals surface area contributed by atoms with Crippen LogP contribution < -0.4 is 28.4 Å². The Hall–Kier alpha value is -9.20. The van der Waals surface area contributed by atoms with Gasteiger partial charge in [0.25, 0.3) is 0 Å². The molecule has 0 atom stereocenters. The number of pyridine rings is 4. The predicted molar refractivity (Wildman–Crippen MR) is 297 cm³/mol. The first-order valence-corrected chi connectivity index (χ1v) is 25.2. The highest BCUT2D eigenvalue weighted by Crippen LogP contribution is 2.29. The summed E-state index contributed by atoms with van der Waals surface area (Å²) < 4.78 is 32.8. The maximum atomic E-state index is 11.0. The van der Waals surface area contributed by atoms with Crippen LogP contribution in [0.3, 0.4) is 0 Å². The van der Waals surface area contributed by atoms with Crippen molar-refractivity contribution in [3.05, 3.63) is 225 Å². The van der Waals surface area contributed by atoms with E-state index in [0.717, 1.165) is 60.8 Å². The van der Waals surface area contributed by atoms with E-state index in [9.17, 15) is 19.2 Å². The second-order valence-corrected chi connectivity index (χ2v) is 17.0. The first-order chi connectivity index (χ1) is 39.0. The molecule has 18 heteroatoms. The minimum Gasteiger partial charge on any atom is -0.497 e. The molecule has 0 spiro atoms. The lowest BCUT2D eigenvalue weighted by atomic mass is 10.1. The lowest BCUT2D eigenvalue weighted by molar-refractivity contribution is 0.111. The van der Waals surface area contributed by atoms with Gasteiger partial charge in [-0.3, -0.25) is 39.1 Å². The lowest BCUT2D eigenvalue weighted by Crippen LogP contribution is -2.02. The smallest absolute Gasteiger partial charge is 0.162 e. The molecule has 8 aromatic rings. The number of methoxy groups -OCH3 is 2. The van der Waals surface area contributed by atoms with E-state index >= 15 is 0 Å². The molecule has 0 amide bonds. The normalized spacial score (nSPS) is 10.2. The molecule has 0 unspecified atom stereocenters. The van der Waals surface area contributed by atoms with E-state index in [1.165, 1.54) is 7.11 Å². The van der Waals surface area contributed by atoms with Gasteiger partial charge in [0.15, 0.2) is 30.4 Å². The zero-order valence-corrected chi connectivity index (χ0v) is 44.9. The molecule has 0 aliphatic carbocycles. The molecule has 416 valence electrons. The summed E-state index contributed by atoms with van der Waals surface area (Å²) in [5.41, 5.74) is 9.40. The van der Waals surface area contributed by atoms with Crippen molar-refractivity contribution in [3.63, 3.8) is 0 Å². The zero-order chi connectivity index (χ0) is 57.5. The van der Waals surface area contributed by atoms with Gasteiger partial charge in [-0.2, -0.15) is 0 Å². The zero-order valence-electron chi connectivity index (χ0n) is 44.9. The summed E-state index contributed by atoms with van der Waals surface area (Å²) in [7, 11) is 3.08. The highest BCUT2D eigenvalue weighted by atomic mass is 16.5. The van der Waals surface area contributed by atoms with Crippen molar-refractivity contribution in [2.75, 3.05) is 14.2 Å². The van der Waals surface area contributed by atoms with E-state index in [1.807, 2.05) is 50.2 Å². The van der Waals surface area contributed by atoms with Crippen molar-refractivity contribution in [1.29, 1.82) is 0 Å². The van der Waals surface area contributed by atoms with Crippen molar-refractivity contribution < 1.29 is 68.0 Å². The Bertz CT molecular complexity index is 3140. The van der Waals surface area contributed by atoms with Crippen LogP contribution in [-0.4, -0.2) is 79.7 Å². The fourth-order valence-corrected chi connectivity index (χ4v) is 7.20. The molecule has 0 aliphatic rings. The highest BCUT2D eigenvalue weighted by Gasteiger charge is 2.11. The summed E-state index contributed by atoms with van der Waals surface area (Å²) >= 11 is 0. The van der Waals surface area contributed by atoms with Gasteiger partial charge >= 0.3 is 0 Å². The van der Waals surface area contributed by atoms with Crippen LogP contribution >= 0.6 is 0 Å². The number of rotatable bonds is 24. The number of aliphatic hydroxyl groups excluding tert-OH is 4. The first kappa shape index (κ1) is 61.7. The number of ether oxygens (including phenoxy) is 6. The van der Waals surface area contributed by atoms with Gasteiger partial charge in [-0.1, -0.05) is 50.2 Å². The van der Waals surface area contributed by atoms with Gasteiger partial charge in [-0.05, 0) is 127 Å². The van der Waals surface area contributed by atoms with Gasteiger partial charge in [0.1, 0.15) is 55.7 Å². The number of hydrogen-bond donors (Lipinski definition) is 4. The van der Waals surface area contributed by atoms with E-state index in [0.29, 0.717) is 104 Å². The van der Waals surface area contributed by atoms with E-state index in [2.05, 4.69) is 19.9 Å². The Morgan fingerprint density at radius 3 is 1.15 bits per heavy atom. The average Bonchev–Trinajstić information content (AvgIpc) is 3.53. The van der Waals surface area contributed by atoms with Crippen LogP contribution in [0.1, 0.15) is 112 Å². The van der Waals surface area contributed by atoms with E-state index < -0.39 is 0 Å². The minimum absolute atomic E-state index is 0.0960. The van der Waals surface area contributed by atoms with Crippen molar-refractivity contribution in [3.8, 4) is 34.5 Å². The van der Waals surface area contributed by atoms with Gasteiger partial charge in [-0.15, -0.1) is 0 Å². The molecule has 4 aromatic heterocycles. The third kappa shape index (κ3) is 19.7. The number of nitrogens with zero attached hydrogens (tertiary/aromatic N) is 4. The summed E-state index contributed by atoms with van der Waals surface area (Å²) in [6.45, 7) is 4.73. The number of benzene rings is 4. The molecule has 0 aliphatic heterocycles. The van der Waals surface area contributed by atoms with Gasteiger partial charge in [-0.25, -0.2) is 0 Å². The van der Waals surface area contributed by atoms with E-state index in [1.54, 1.807) is 116 Å². The number of carbonyl (C=O) groups is 4. The Morgan fingerprint density at radius 2 is 0.762 bits per heavy atom. The van der Waals surface area contributed by atoms with Crippen molar-refractivity contribution in [2.24, 2.45) is 0 Å². The molecule has 80 heavy (non-hydrogen) atoms. The van der Waals surface area contributed by atoms with Crippen LogP contribution in [0.15, 0.2) is 146 Å². The van der Waals surface area contributed by atoms with E-state index in [-0.39, 0.29) is 39.6 Å². The number of aromatic nitrogens is 4. The number of aldehydes is 4. The summed E-state index contributed by atoms with van der Waals surface area (Å²) in [5, 5.41) is 36.2. The molecule has 4 heterocycles. The van der Waals surface area contributed by atoms with Crippen LogP contribution in [0.25, 0.3) is 0 Å². The average molecular weight is 1090 g/mol. The second kappa shape index (κ2) is 33.8. The molecule has 0 fully saturated rings. The standard InChI is InChI=1S/2C16H17NO3.2C15H15NO4/c2*1-2-14-4-3-5-15(17-14)11-20-16-7-6-12(9-18)8-13(16)10-19;1-19-14-6-5-11(8-17)15(7-14)20-10-13-4-2-3-12(9-18)16-13;1-19-14-6-5-11(8-17)7-15(14)20-10-13-4-2-3-12(9-18)16-13/h2*3-8,10,18H,2,9,11H2,1H3;2*2-8,18H,9-10H2,1H3. The Labute approximate surface area is 464 Å². The molecule has 0 saturated carbocycles. The Kier molecular flexibility index (Phi) is 26.1. The largest absolute Gasteiger partial charge is 0.497 e. The maximum absolute atomic E-state index is 11.0. The molecule has 4 N–H and O–H groups in total. The van der Waals surface area contributed by atoms with Crippen LogP contribution in [0, 0.1) is 0 Å². The van der Waals surface area contributed by atoms with Crippen molar-refractivity contribution in [1.82, 2.24) is 19.9 Å². The van der Waals surface area contributed by atoms with Gasteiger partial charge in [0.2, 0.25) is 0 Å². The topological polar surface area (TPSA) is 256 Å². The number of aliphatic hydroxyl groups is 4. The number of aryl methyl sites for hydroxylation is 2. The lowest BCUT2D eigenvalue weighted by Gasteiger charge is -2.11. The van der Waals surface area contributed by atoms with Crippen LogP contribution in [0.5, 0.6) is 34.5 Å². The highest BCUT2D eigenvalue weighted by molar-refractivity contribution is 5.81. The molecule has 4 aromatic carbocycles. The van der Waals surface area contributed by atoms with E-state index in [4.69, 9.17) is 48.8 Å². The quantitative estimate of drug-likeness (QED) is 0.0412. The molecule has 0 saturated heterocycles. The van der Waals surface area contributed by atoms with Crippen molar-refractivity contribution in [2.45, 2.75) is 79.5 Å². The third-order valence-corrected chi connectivity index (χ3v) is 11.4. The molecule has 0 radical (unpaired) electrons. The Morgan fingerprint density at radius 1 is 0.362 bits per heavy atom. The fourth-order valence-electron chi connectivity index (χ4n) is 7.20. The summed E-state index contributed by atoms with van der Waals surface area (Å²) in [6.07, 6.45) is 4.68. The Balaban J connectivity index is 0.000000196. The molecular formula is C62H64N4O14. The van der Waals surface area contributed by atoms with Crippen molar-refractivity contribution >= 4 is 25.1 Å². The van der Waals surface area contributed by atoms with Crippen LogP contribution in [-0.2, 0) is 65.7 Å². The van der Waals surface area contributed by atoms with Crippen LogP contribution in [0.2, 0.25) is 0 Å². The van der Waals surface area contributed by atoms with Gasteiger partial charge in [0, 0.05) is 23.0 Å². The molecular weight excluding hydrogens is 1020 g/mol. The summed E-state index contributed by atoms with van der Waals surface area (Å²) in [6, 6.07) is 42.3. The number of hydrogen-bond acceptors (Lipinski definition) is 18. The maximum Gasteiger partial charge on any atom is 0.162 e. The summed E-state index contributed by atoms with van der Waals surface area (Å²) in [5.74, 6) is 3.09. The third-order valence-electron chi connectivity index (χ3n) is 11.4. The van der Waals surface area contributed by atoms with Gasteiger partial charge in [0.05, 0.1) is 91.5 Å². The minimum atomic E-state index is -0.118. The molecule has 8 rings (SSSR count). The fraction of sp³-hybridized carbons (Fsp3) is 0.226. The predicted octanol–water partition coefficient (Wildman–Crippen LogP) is 9.00. The number of carbonyl (C=O) groups excluding carboxylic acids is 4. The first-order valence-electron chi connectivity index (χ1n) is 25.2. The monoisotopic (exact) mass is 1090 g/mol. The van der Waals surface area contributed by atoms with Crippen LogP contribution in [0.4, 0.5) is 0 Å².